The molecule has 1 amide bonds. The van der Waals surface area contributed by atoms with Crippen molar-refractivity contribution >= 4 is 6.09 Å². The second-order valence-electron chi connectivity index (χ2n) is 6.25. The Kier molecular flexibility index (Phi) is 5.93. The van der Waals surface area contributed by atoms with Crippen molar-refractivity contribution in [2.75, 3.05) is 13.6 Å². The number of ether oxygens (including phenoxy) is 1. The highest BCUT2D eigenvalue weighted by Crippen LogP contribution is 2.22. The van der Waals surface area contributed by atoms with Crippen LogP contribution in [0, 0.1) is 5.92 Å². The highest BCUT2D eigenvalue weighted by Gasteiger charge is 2.21. The van der Waals surface area contributed by atoms with Crippen molar-refractivity contribution in [1.29, 1.82) is 0 Å². The molecule has 1 rings (SSSR count). The zero-order valence-electron chi connectivity index (χ0n) is 12.2. The fourth-order valence-electron chi connectivity index (χ4n) is 2.45. The minimum atomic E-state index is -0.416. The van der Waals surface area contributed by atoms with Crippen LogP contribution in [0.1, 0.15) is 52.9 Å². The smallest absolute Gasteiger partial charge is 0.407 e. The van der Waals surface area contributed by atoms with Crippen LogP contribution in [0.2, 0.25) is 0 Å². The van der Waals surface area contributed by atoms with Crippen molar-refractivity contribution in [1.82, 2.24) is 10.6 Å². The largest absolute Gasteiger partial charge is 0.444 e. The number of hydrogen-bond donors (Lipinski definition) is 2. The zero-order valence-corrected chi connectivity index (χ0v) is 12.2. The van der Waals surface area contributed by atoms with Gasteiger partial charge in [0.2, 0.25) is 0 Å². The molecular weight excluding hydrogens is 228 g/mol. The van der Waals surface area contributed by atoms with E-state index in [9.17, 15) is 4.79 Å². The lowest BCUT2D eigenvalue weighted by atomic mass is 9.98. The monoisotopic (exact) mass is 256 g/mol. The average molecular weight is 256 g/mol. The molecule has 2 atom stereocenters. The Morgan fingerprint density at radius 1 is 1.28 bits per heavy atom. The normalized spacial score (nSPS) is 25.3. The predicted molar refractivity (Wildman–Crippen MR) is 73.7 cm³/mol. The Morgan fingerprint density at radius 3 is 2.56 bits per heavy atom. The summed E-state index contributed by atoms with van der Waals surface area (Å²) in [6.07, 6.45) is 5.85. The van der Waals surface area contributed by atoms with E-state index in [4.69, 9.17) is 4.74 Å². The molecule has 1 aliphatic rings. The topological polar surface area (TPSA) is 50.4 Å². The molecule has 0 aromatic carbocycles. The minimum Gasteiger partial charge on any atom is -0.444 e. The first-order valence-electron chi connectivity index (χ1n) is 7.05. The number of hydrogen-bond acceptors (Lipinski definition) is 3. The Morgan fingerprint density at radius 2 is 1.94 bits per heavy atom. The lowest BCUT2D eigenvalue weighted by Crippen LogP contribution is -2.36. The van der Waals surface area contributed by atoms with Crippen LogP contribution >= 0.6 is 0 Å². The Balaban J connectivity index is 2.31. The van der Waals surface area contributed by atoms with Crippen molar-refractivity contribution < 1.29 is 9.53 Å². The van der Waals surface area contributed by atoms with E-state index in [0.29, 0.717) is 12.0 Å². The van der Waals surface area contributed by atoms with Crippen molar-refractivity contribution in [2.45, 2.75) is 64.5 Å². The average Bonchev–Trinajstić information content (AvgIpc) is 2.49. The SMILES string of the molecule is CNC1CCCCC(CNC(=O)OC(C)(C)C)C1. The summed E-state index contributed by atoms with van der Waals surface area (Å²) in [6.45, 7) is 6.38. The molecule has 0 spiro atoms. The van der Waals surface area contributed by atoms with Crippen LogP contribution in [-0.4, -0.2) is 31.3 Å². The molecule has 1 fully saturated rings. The van der Waals surface area contributed by atoms with E-state index in [0.717, 1.165) is 13.0 Å². The van der Waals surface area contributed by atoms with Gasteiger partial charge in [0.1, 0.15) is 5.60 Å². The summed E-state index contributed by atoms with van der Waals surface area (Å²) in [5, 5.41) is 6.25. The number of amides is 1. The molecule has 2 N–H and O–H groups in total. The van der Waals surface area contributed by atoms with E-state index < -0.39 is 5.60 Å². The van der Waals surface area contributed by atoms with Crippen LogP contribution in [-0.2, 0) is 4.74 Å². The quantitative estimate of drug-likeness (QED) is 0.763. The highest BCUT2D eigenvalue weighted by molar-refractivity contribution is 5.67. The van der Waals surface area contributed by atoms with E-state index in [2.05, 4.69) is 10.6 Å². The van der Waals surface area contributed by atoms with E-state index >= 15 is 0 Å². The second kappa shape index (κ2) is 6.98. The molecule has 0 aliphatic heterocycles. The summed E-state index contributed by atoms with van der Waals surface area (Å²) in [4.78, 5) is 11.6. The van der Waals surface area contributed by atoms with Gasteiger partial charge in [-0.2, -0.15) is 0 Å². The van der Waals surface area contributed by atoms with Gasteiger partial charge in [-0.3, -0.25) is 0 Å². The number of rotatable bonds is 3. The maximum atomic E-state index is 11.6. The van der Waals surface area contributed by atoms with Crippen molar-refractivity contribution in [3.8, 4) is 0 Å². The van der Waals surface area contributed by atoms with Crippen molar-refractivity contribution in [3.05, 3.63) is 0 Å². The number of carbonyl (C=O) groups excluding carboxylic acids is 1. The maximum absolute atomic E-state index is 11.6. The Labute approximate surface area is 111 Å². The van der Waals surface area contributed by atoms with Gasteiger partial charge in [0.05, 0.1) is 0 Å². The van der Waals surface area contributed by atoms with E-state index in [1.807, 2.05) is 27.8 Å². The van der Waals surface area contributed by atoms with Crippen LogP contribution < -0.4 is 10.6 Å². The summed E-state index contributed by atoms with van der Waals surface area (Å²) in [5.74, 6) is 0.567. The molecule has 0 bridgehead atoms. The first-order chi connectivity index (χ1) is 8.40. The molecule has 2 unspecified atom stereocenters. The molecule has 4 nitrogen and oxygen atoms in total. The van der Waals surface area contributed by atoms with Crippen LogP contribution in [0.25, 0.3) is 0 Å². The van der Waals surface area contributed by atoms with Gasteiger partial charge < -0.3 is 15.4 Å². The summed E-state index contributed by atoms with van der Waals surface area (Å²) in [6, 6.07) is 0.595. The summed E-state index contributed by atoms with van der Waals surface area (Å²) < 4.78 is 5.25. The molecular formula is C14H28N2O2. The number of nitrogens with one attached hydrogen (secondary N) is 2. The third kappa shape index (κ3) is 6.24. The van der Waals surface area contributed by atoms with E-state index in [1.54, 1.807) is 0 Å². The van der Waals surface area contributed by atoms with Crippen LogP contribution in [0.15, 0.2) is 0 Å². The Bertz CT molecular complexity index is 261. The number of alkyl carbamates (subject to hydrolysis) is 1. The fraction of sp³-hybridized carbons (Fsp3) is 0.929. The van der Waals surface area contributed by atoms with Crippen LogP contribution in [0.5, 0.6) is 0 Å². The Hall–Kier alpha value is -0.770. The van der Waals surface area contributed by atoms with Gasteiger partial charge in [0.25, 0.3) is 0 Å². The second-order valence-corrected chi connectivity index (χ2v) is 6.25. The minimum absolute atomic E-state index is 0.298. The lowest BCUT2D eigenvalue weighted by Gasteiger charge is -2.22. The molecule has 0 radical (unpaired) electrons. The molecule has 106 valence electrons. The molecule has 0 saturated heterocycles. The molecule has 1 saturated carbocycles. The van der Waals surface area contributed by atoms with Gasteiger partial charge in [-0.25, -0.2) is 4.79 Å². The van der Waals surface area contributed by atoms with Gasteiger partial charge in [-0.1, -0.05) is 12.8 Å². The molecule has 4 heteroatoms. The first-order valence-corrected chi connectivity index (χ1v) is 7.05. The van der Waals surface area contributed by atoms with Crippen LogP contribution in [0.3, 0.4) is 0 Å². The van der Waals surface area contributed by atoms with Crippen LogP contribution in [0.4, 0.5) is 4.79 Å². The molecule has 0 aromatic heterocycles. The van der Waals surface area contributed by atoms with Gasteiger partial charge >= 0.3 is 6.09 Å². The van der Waals surface area contributed by atoms with Gasteiger partial charge in [0.15, 0.2) is 0 Å². The molecule has 1 aliphatic carbocycles. The zero-order chi connectivity index (χ0) is 13.6. The van der Waals surface area contributed by atoms with E-state index in [1.165, 1.54) is 25.7 Å². The highest BCUT2D eigenvalue weighted by atomic mass is 16.6. The summed E-state index contributed by atoms with van der Waals surface area (Å²) in [5.41, 5.74) is -0.416. The third-order valence-electron chi connectivity index (χ3n) is 3.38. The first kappa shape index (κ1) is 15.3. The lowest BCUT2D eigenvalue weighted by molar-refractivity contribution is 0.0517. The fourth-order valence-corrected chi connectivity index (χ4v) is 2.45. The van der Waals surface area contributed by atoms with Crippen molar-refractivity contribution in [3.63, 3.8) is 0 Å². The summed E-state index contributed by atoms with van der Waals surface area (Å²) in [7, 11) is 2.02. The summed E-state index contributed by atoms with van der Waals surface area (Å²) >= 11 is 0. The van der Waals surface area contributed by atoms with Gasteiger partial charge in [0, 0.05) is 12.6 Å². The third-order valence-corrected chi connectivity index (χ3v) is 3.38. The van der Waals surface area contributed by atoms with Gasteiger partial charge in [-0.15, -0.1) is 0 Å². The maximum Gasteiger partial charge on any atom is 0.407 e. The molecule has 18 heavy (non-hydrogen) atoms. The standard InChI is InChI=1S/C14H28N2O2/c1-14(2,3)18-13(17)16-10-11-7-5-6-8-12(9-11)15-4/h11-12,15H,5-10H2,1-4H3,(H,16,17). The number of carbonyl (C=O) groups is 1. The van der Waals surface area contributed by atoms with E-state index in [-0.39, 0.29) is 6.09 Å². The predicted octanol–water partition coefficient (Wildman–Crippen LogP) is 2.68. The van der Waals surface area contributed by atoms with Gasteiger partial charge in [-0.05, 0) is 53.0 Å². The molecule has 0 aromatic rings. The molecule has 0 heterocycles. The van der Waals surface area contributed by atoms with Crippen molar-refractivity contribution in [2.24, 2.45) is 5.92 Å².